The van der Waals surface area contributed by atoms with Gasteiger partial charge in [-0.15, -0.1) is 0 Å². The SMILES string of the molecule is CC[C@]1(CCCCO)CS(=O)(=O)c2ccccc2[C@@H](c2ccccc2)N1. The molecule has 2 aromatic carbocycles. The number of fused-ring (bicyclic) bond motifs is 1. The van der Waals surface area contributed by atoms with Crippen LogP contribution in [0.25, 0.3) is 0 Å². The van der Waals surface area contributed by atoms with Crippen LogP contribution in [0.5, 0.6) is 0 Å². The molecule has 2 atom stereocenters. The molecule has 1 aliphatic rings. The zero-order valence-corrected chi connectivity index (χ0v) is 16.0. The van der Waals surface area contributed by atoms with Crippen molar-refractivity contribution in [3.63, 3.8) is 0 Å². The largest absolute Gasteiger partial charge is 0.396 e. The lowest BCUT2D eigenvalue weighted by Gasteiger charge is -2.36. The average molecular weight is 374 g/mol. The summed E-state index contributed by atoms with van der Waals surface area (Å²) in [7, 11) is -3.40. The van der Waals surface area contributed by atoms with Crippen molar-refractivity contribution in [3.05, 3.63) is 65.7 Å². The molecule has 0 aromatic heterocycles. The Kier molecular flexibility index (Phi) is 5.80. The third kappa shape index (κ3) is 3.85. The van der Waals surface area contributed by atoms with E-state index in [1.54, 1.807) is 12.1 Å². The molecule has 0 fully saturated rings. The van der Waals surface area contributed by atoms with Crippen LogP contribution in [0.1, 0.15) is 49.8 Å². The molecule has 0 saturated carbocycles. The first kappa shape index (κ1) is 19.1. The molecule has 0 amide bonds. The number of hydrogen-bond acceptors (Lipinski definition) is 4. The normalized spacial score (nSPS) is 24.6. The maximum atomic E-state index is 13.2. The minimum absolute atomic E-state index is 0.0856. The summed E-state index contributed by atoms with van der Waals surface area (Å²) in [5.74, 6) is 0.0856. The van der Waals surface area contributed by atoms with Crippen LogP contribution in [0.15, 0.2) is 59.5 Å². The fourth-order valence-electron chi connectivity index (χ4n) is 3.88. The van der Waals surface area contributed by atoms with Gasteiger partial charge in [-0.05, 0) is 42.9 Å². The molecule has 140 valence electrons. The Morgan fingerprint density at radius 3 is 2.46 bits per heavy atom. The monoisotopic (exact) mass is 373 g/mol. The summed E-state index contributed by atoms with van der Waals surface area (Å²) in [6.07, 6.45) is 2.92. The maximum Gasteiger partial charge on any atom is 0.180 e. The van der Waals surface area contributed by atoms with Crippen LogP contribution in [0, 0.1) is 0 Å². The Bertz CT molecular complexity index is 835. The van der Waals surface area contributed by atoms with Crippen molar-refractivity contribution in [1.29, 1.82) is 0 Å². The van der Waals surface area contributed by atoms with Gasteiger partial charge in [-0.3, -0.25) is 5.32 Å². The fraction of sp³-hybridized carbons (Fsp3) is 0.429. The van der Waals surface area contributed by atoms with Crippen molar-refractivity contribution < 1.29 is 13.5 Å². The highest BCUT2D eigenvalue weighted by atomic mass is 32.2. The van der Waals surface area contributed by atoms with Gasteiger partial charge in [-0.2, -0.15) is 0 Å². The lowest BCUT2D eigenvalue weighted by molar-refractivity contribution is 0.255. The Morgan fingerprint density at radius 2 is 1.77 bits per heavy atom. The van der Waals surface area contributed by atoms with E-state index in [1.165, 1.54) is 0 Å². The van der Waals surface area contributed by atoms with Crippen LogP contribution in [0.3, 0.4) is 0 Å². The average Bonchev–Trinajstić information content (AvgIpc) is 2.76. The molecule has 2 N–H and O–H groups in total. The maximum absolute atomic E-state index is 13.2. The molecule has 0 unspecified atom stereocenters. The highest BCUT2D eigenvalue weighted by Gasteiger charge is 2.41. The first-order valence-electron chi connectivity index (χ1n) is 9.26. The zero-order chi connectivity index (χ0) is 18.6. The van der Waals surface area contributed by atoms with Gasteiger partial charge >= 0.3 is 0 Å². The number of sulfone groups is 1. The molecule has 4 nitrogen and oxygen atoms in total. The number of hydrogen-bond donors (Lipinski definition) is 2. The molecule has 0 radical (unpaired) electrons. The number of aliphatic hydroxyl groups is 1. The van der Waals surface area contributed by atoms with Crippen molar-refractivity contribution in [2.75, 3.05) is 12.4 Å². The van der Waals surface area contributed by atoms with E-state index in [9.17, 15) is 8.42 Å². The van der Waals surface area contributed by atoms with Crippen molar-refractivity contribution >= 4 is 9.84 Å². The first-order chi connectivity index (χ1) is 12.5. The van der Waals surface area contributed by atoms with Gasteiger partial charge < -0.3 is 5.11 Å². The Hall–Kier alpha value is -1.69. The minimum atomic E-state index is -3.40. The zero-order valence-electron chi connectivity index (χ0n) is 15.2. The lowest BCUT2D eigenvalue weighted by Crippen LogP contribution is -2.50. The van der Waals surface area contributed by atoms with Gasteiger partial charge in [0.25, 0.3) is 0 Å². The van der Waals surface area contributed by atoms with Crippen LogP contribution >= 0.6 is 0 Å². The molecule has 1 heterocycles. The summed E-state index contributed by atoms with van der Waals surface area (Å²) < 4.78 is 26.4. The second-order valence-corrected chi connectivity index (χ2v) is 9.06. The summed E-state index contributed by atoms with van der Waals surface area (Å²) in [5, 5.41) is 12.8. The lowest BCUT2D eigenvalue weighted by atomic mass is 9.88. The van der Waals surface area contributed by atoms with Crippen molar-refractivity contribution in [2.24, 2.45) is 0 Å². The number of nitrogens with one attached hydrogen (secondary N) is 1. The molecular formula is C21H27NO3S. The van der Waals surface area contributed by atoms with Crippen LogP contribution in [0.4, 0.5) is 0 Å². The molecule has 1 aliphatic heterocycles. The van der Waals surface area contributed by atoms with Crippen molar-refractivity contribution in [2.45, 2.75) is 49.1 Å². The Labute approximate surface area is 156 Å². The first-order valence-corrected chi connectivity index (χ1v) is 10.9. The molecule has 0 bridgehead atoms. The van der Waals surface area contributed by atoms with Gasteiger partial charge in [-0.1, -0.05) is 55.5 Å². The predicted octanol–water partition coefficient (Wildman–Crippen LogP) is 3.46. The van der Waals surface area contributed by atoms with Crippen molar-refractivity contribution in [1.82, 2.24) is 5.32 Å². The van der Waals surface area contributed by atoms with E-state index in [4.69, 9.17) is 5.11 Å². The van der Waals surface area contributed by atoms with E-state index < -0.39 is 15.4 Å². The molecular weight excluding hydrogens is 346 g/mol. The summed E-state index contributed by atoms with van der Waals surface area (Å²) in [4.78, 5) is 0.429. The fourth-order valence-corrected chi connectivity index (χ4v) is 6.02. The third-order valence-corrected chi connectivity index (χ3v) is 7.33. The van der Waals surface area contributed by atoms with E-state index in [2.05, 4.69) is 5.32 Å². The van der Waals surface area contributed by atoms with E-state index in [-0.39, 0.29) is 18.4 Å². The summed E-state index contributed by atoms with van der Waals surface area (Å²) in [6.45, 7) is 2.17. The van der Waals surface area contributed by atoms with E-state index in [0.717, 1.165) is 30.4 Å². The molecule has 0 aliphatic carbocycles. The summed E-state index contributed by atoms with van der Waals surface area (Å²) in [5.41, 5.74) is 1.38. The number of unbranched alkanes of at least 4 members (excludes halogenated alkanes) is 1. The van der Waals surface area contributed by atoms with E-state index in [1.807, 2.05) is 49.4 Å². The summed E-state index contributed by atoms with van der Waals surface area (Å²) in [6, 6.07) is 17.2. The summed E-state index contributed by atoms with van der Waals surface area (Å²) >= 11 is 0. The quantitative estimate of drug-likeness (QED) is 0.761. The van der Waals surface area contributed by atoms with Gasteiger partial charge in [0.05, 0.1) is 16.7 Å². The smallest absolute Gasteiger partial charge is 0.180 e. The second kappa shape index (κ2) is 7.91. The molecule has 2 aromatic rings. The highest BCUT2D eigenvalue weighted by Crippen LogP contribution is 2.37. The molecule has 0 spiro atoms. The molecule has 3 rings (SSSR count). The Balaban J connectivity index is 2.11. The van der Waals surface area contributed by atoms with Crippen LogP contribution in [-0.4, -0.2) is 31.4 Å². The van der Waals surface area contributed by atoms with Crippen LogP contribution < -0.4 is 5.32 Å². The van der Waals surface area contributed by atoms with Gasteiger partial charge in [0.1, 0.15) is 0 Å². The molecule has 5 heteroatoms. The standard InChI is InChI=1S/C21H27NO3S/c1-2-21(14-8-9-15-23)16-26(24,25)19-13-7-6-12-18(19)20(22-21)17-10-4-3-5-11-17/h3-7,10-13,20,22-23H,2,8-9,14-16H2,1H3/t20-,21+/m1/s1. The third-order valence-electron chi connectivity index (χ3n) is 5.36. The molecule has 0 saturated heterocycles. The van der Waals surface area contributed by atoms with Gasteiger partial charge in [0.15, 0.2) is 9.84 Å². The Morgan fingerprint density at radius 1 is 1.08 bits per heavy atom. The minimum Gasteiger partial charge on any atom is -0.396 e. The topological polar surface area (TPSA) is 66.4 Å². The van der Waals surface area contributed by atoms with Gasteiger partial charge in [0.2, 0.25) is 0 Å². The number of aliphatic hydroxyl groups excluding tert-OH is 1. The van der Waals surface area contributed by atoms with Gasteiger partial charge in [0, 0.05) is 12.1 Å². The number of rotatable bonds is 6. The predicted molar refractivity (Wildman–Crippen MR) is 104 cm³/mol. The number of benzene rings is 2. The van der Waals surface area contributed by atoms with Crippen molar-refractivity contribution in [3.8, 4) is 0 Å². The van der Waals surface area contributed by atoms with Gasteiger partial charge in [-0.25, -0.2) is 8.42 Å². The van der Waals surface area contributed by atoms with E-state index in [0.29, 0.717) is 11.3 Å². The van der Waals surface area contributed by atoms with Crippen LogP contribution in [0.2, 0.25) is 0 Å². The van der Waals surface area contributed by atoms with Crippen LogP contribution in [-0.2, 0) is 9.84 Å². The van der Waals surface area contributed by atoms with E-state index >= 15 is 0 Å². The highest BCUT2D eigenvalue weighted by molar-refractivity contribution is 7.91. The second-order valence-electron chi connectivity index (χ2n) is 7.10. The molecule has 26 heavy (non-hydrogen) atoms.